The molecule has 0 amide bonds. The number of piperidine rings is 1. The zero-order chi connectivity index (χ0) is 22.2. The second-order valence-corrected chi connectivity index (χ2v) is 8.64. The highest BCUT2D eigenvalue weighted by molar-refractivity contribution is 5.85. The Bertz CT molecular complexity index is 864. The van der Waals surface area contributed by atoms with Crippen LogP contribution < -0.4 is 10.1 Å². The SMILES string of the molecule is Cc1ccc(C(C)C)c(OCC2CCN(CCCNc3nccc(C(=O)O)n3)CC2)c1. The maximum atomic E-state index is 11.0. The molecule has 2 aromatic rings. The number of aromatic nitrogens is 2. The highest BCUT2D eigenvalue weighted by Crippen LogP contribution is 2.29. The van der Waals surface area contributed by atoms with Gasteiger partial charge in [0.05, 0.1) is 6.61 Å². The van der Waals surface area contributed by atoms with Gasteiger partial charge in [0.2, 0.25) is 5.95 Å². The number of anilines is 1. The van der Waals surface area contributed by atoms with Crippen LogP contribution in [0.15, 0.2) is 30.5 Å². The van der Waals surface area contributed by atoms with Crippen LogP contribution in [0.2, 0.25) is 0 Å². The fraction of sp³-hybridized carbons (Fsp3) is 0.542. The molecule has 0 atom stereocenters. The highest BCUT2D eigenvalue weighted by Gasteiger charge is 2.20. The van der Waals surface area contributed by atoms with Crippen LogP contribution in [0.1, 0.15) is 60.6 Å². The largest absolute Gasteiger partial charge is 0.493 e. The number of aryl methyl sites for hydroxylation is 1. The topological polar surface area (TPSA) is 87.6 Å². The number of hydrogen-bond donors (Lipinski definition) is 2. The first kappa shape index (κ1) is 23.0. The maximum Gasteiger partial charge on any atom is 0.354 e. The number of nitrogens with one attached hydrogen (secondary N) is 1. The van der Waals surface area contributed by atoms with Crippen molar-refractivity contribution in [3.8, 4) is 5.75 Å². The van der Waals surface area contributed by atoms with Crippen molar-refractivity contribution in [3.05, 3.63) is 47.3 Å². The lowest BCUT2D eigenvalue weighted by Crippen LogP contribution is -2.36. The van der Waals surface area contributed by atoms with Crippen LogP contribution in [0.3, 0.4) is 0 Å². The summed E-state index contributed by atoms with van der Waals surface area (Å²) in [6.07, 6.45) is 4.73. The van der Waals surface area contributed by atoms with E-state index in [2.05, 4.69) is 59.2 Å². The standard InChI is InChI=1S/C24H34N4O3/c1-17(2)20-6-5-18(3)15-22(20)31-16-19-8-13-28(14-9-19)12-4-10-25-24-26-11-7-21(27-24)23(29)30/h5-7,11,15,17,19H,4,8-10,12-14,16H2,1-3H3,(H,29,30)(H,25,26,27). The molecule has 1 aromatic carbocycles. The minimum absolute atomic E-state index is 0.00738. The molecule has 168 valence electrons. The molecule has 7 heteroatoms. The Hall–Kier alpha value is -2.67. The van der Waals surface area contributed by atoms with E-state index in [-0.39, 0.29) is 5.69 Å². The van der Waals surface area contributed by atoms with Gasteiger partial charge in [-0.15, -0.1) is 0 Å². The van der Waals surface area contributed by atoms with Crippen molar-refractivity contribution in [3.63, 3.8) is 0 Å². The van der Waals surface area contributed by atoms with Gasteiger partial charge in [0.15, 0.2) is 5.69 Å². The third-order valence-corrected chi connectivity index (χ3v) is 5.78. The van der Waals surface area contributed by atoms with Gasteiger partial charge in [0, 0.05) is 12.7 Å². The molecule has 0 unspecified atom stereocenters. The minimum atomic E-state index is -1.04. The number of hydrogen-bond acceptors (Lipinski definition) is 6. The van der Waals surface area contributed by atoms with Gasteiger partial charge in [-0.25, -0.2) is 14.8 Å². The smallest absolute Gasteiger partial charge is 0.354 e. The molecule has 1 aromatic heterocycles. The summed E-state index contributed by atoms with van der Waals surface area (Å²) in [6, 6.07) is 7.90. The van der Waals surface area contributed by atoms with Gasteiger partial charge in [-0.3, -0.25) is 0 Å². The fourth-order valence-electron chi connectivity index (χ4n) is 3.89. The Balaban J connectivity index is 1.35. The van der Waals surface area contributed by atoms with Crippen molar-refractivity contribution in [2.45, 2.75) is 46.0 Å². The summed E-state index contributed by atoms with van der Waals surface area (Å²) in [5.41, 5.74) is 2.53. The van der Waals surface area contributed by atoms with Crippen molar-refractivity contribution in [1.29, 1.82) is 0 Å². The summed E-state index contributed by atoms with van der Waals surface area (Å²) in [6.45, 7) is 11.2. The molecule has 0 radical (unpaired) electrons. The second kappa shape index (κ2) is 11.1. The predicted molar refractivity (Wildman–Crippen MR) is 122 cm³/mol. The molecule has 1 fully saturated rings. The minimum Gasteiger partial charge on any atom is -0.493 e. The van der Waals surface area contributed by atoms with Crippen LogP contribution in [-0.2, 0) is 0 Å². The van der Waals surface area contributed by atoms with Gasteiger partial charge in [0.25, 0.3) is 0 Å². The zero-order valence-electron chi connectivity index (χ0n) is 18.8. The van der Waals surface area contributed by atoms with Crippen molar-refractivity contribution < 1.29 is 14.6 Å². The van der Waals surface area contributed by atoms with Gasteiger partial charge < -0.3 is 20.1 Å². The Morgan fingerprint density at radius 1 is 1.29 bits per heavy atom. The van der Waals surface area contributed by atoms with Gasteiger partial charge in [-0.2, -0.15) is 0 Å². The summed E-state index contributed by atoms with van der Waals surface area (Å²) in [5.74, 6) is 1.43. The average Bonchev–Trinajstić information content (AvgIpc) is 2.76. The van der Waals surface area contributed by atoms with E-state index in [1.54, 1.807) is 0 Å². The van der Waals surface area contributed by atoms with E-state index >= 15 is 0 Å². The van der Waals surface area contributed by atoms with Gasteiger partial charge in [-0.1, -0.05) is 26.0 Å². The number of aromatic carboxylic acids is 1. The van der Waals surface area contributed by atoms with E-state index in [0.717, 1.165) is 57.8 Å². The quantitative estimate of drug-likeness (QED) is 0.551. The summed E-state index contributed by atoms with van der Waals surface area (Å²) >= 11 is 0. The molecule has 2 heterocycles. The van der Waals surface area contributed by atoms with Crippen LogP contribution in [-0.4, -0.2) is 58.7 Å². The Morgan fingerprint density at radius 3 is 2.77 bits per heavy atom. The predicted octanol–water partition coefficient (Wildman–Crippen LogP) is 4.20. The molecule has 0 bridgehead atoms. The Labute approximate surface area is 184 Å². The van der Waals surface area contributed by atoms with Crippen molar-refractivity contribution >= 4 is 11.9 Å². The summed E-state index contributed by atoms with van der Waals surface area (Å²) in [7, 11) is 0. The Morgan fingerprint density at radius 2 is 2.06 bits per heavy atom. The zero-order valence-corrected chi connectivity index (χ0v) is 18.8. The van der Waals surface area contributed by atoms with Crippen LogP contribution in [0, 0.1) is 12.8 Å². The first-order chi connectivity index (χ1) is 14.9. The van der Waals surface area contributed by atoms with Crippen molar-refractivity contribution in [2.75, 3.05) is 38.1 Å². The van der Waals surface area contributed by atoms with E-state index in [0.29, 0.717) is 17.8 Å². The molecule has 1 saturated heterocycles. The third-order valence-electron chi connectivity index (χ3n) is 5.78. The van der Waals surface area contributed by atoms with Gasteiger partial charge in [0.1, 0.15) is 5.75 Å². The van der Waals surface area contributed by atoms with Crippen molar-refractivity contribution in [1.82, 2.24) is 14.9 Å². The van der Waals surface area contributed by atoms with E-state index in [9.17, 15) is 4.79 Å². The number of carbonyl (C=O) groups is 1. The maximum absolute atomic E-state index is 11.0. The molecular weight excluding hydrogens is 392 g/mol. The average molecular weight is 427 g/mol. The molecule has 0 aliphatic carbocycles. The molecule has 7 nitrogen and oxygen atoms in total. The number of ether oxygens (including phenoxy) is 1. The fourth-order valence-corrected chi connectivity index (χ4v) is 3.89. The van der Waals surface area contributed by atoms with Crippen molar-refractivity contribution in [2.24, 2.45) is 5.92 Å². The number of rotatable bonds is 10. The molecule has 0 saturated carbocycles. The second-order valence-electron chi connectivity index (χ2n) is 8.64. The van der Waals surface area contributed by atoms with Crippen LogP contribution in [0.25, 0.3) is 0 Å². The molecule has 31 heavy (non-hydrogen) atoms. The van der Waals surface area contributed by atoms with Crippen LogP contribution in [0.5, 0.6) is 5.75 Å². The Kier molecular flexibility index (Phi) is 8.23. The van der Waals surface area contributed by atoms with Crippen LogP contribution in [0.4, 0.5) is 5.95 Å². The number of carboxylic acids is 1. The first-order valence-electron chi connectivity index (χ1n) is 11.2. The number of benzene rings is 1. The molecule has 0 spiro atoms. The number of nitrogens with zero attached hydrogens (tertiary/aromatic N) is 3. The lowest BCUT2D eigenvalue weighted by molar-refractivity contribution is 0.0690. The van der Waals surface area contributed by atoms with Gasteiger partial charge >= 0.3 is 5.97 Å². The monoisotopic (exact) mass is 426 g/mol. The molecule has 1 aliphatic rings. The summed E-state index contributed by atoms with van der Waals surface area (Å²) in [5, 5.41) is 12.1. The number of likely N-dealkylation sites (tertiary alicyclic amines) is 1. The normalized spacial score (nSPS) is 15.2. The summed E-state index contributed by atoms with van der Waals surface area (Å²) in [4.78, 5) is 21.5. The van der Waals surface area contributed by atoms with E-state index < -0.39 is 5.97 Å². The molecule has 1 aliphatic heterocycles. The molecule has 3 rings (SSSR count). The van der Waals surface area contributed by atoms with E-state index in [1.807, 2.05) is 0 Å². The number of carboxylic acid groups (broad SMARTS) is 1. The highest BCUT2D eigenvalue weighted by atomic mass is 16.5. The summed E-state index contributed by atoms with van der Waals surface area (Å²) < 4.78 is 6.24. The van der Waals surface area contributed by atoms with E-state index in [1.165, 1.54) is 23.4 Å². The molecular formula is C24H34N4O3. The third kappa shape index (κ3) is 6.92. The van der Waals surface area contributed by atoms with Crippen LogP contribution >= 0.6 is 0 Å². The lowest BCUT2D eigenvalue weighted by Gasteiger charge is -2.32. The lowest BCUT2D eigenvalue weighted by atomic mass is 9.97. The van der Waals surface area contributed by atoms with E-state index in [4.69, 9.17) is 9.84 Å². The van der Waals surface area contributed by atoms with Gasteiger partial charge in [-0.05, 0) is 80.9 Å². The molecule has 2 N–H and O–H groups in total. The first-order valence-corrected chi connectivity index (χ1v) is 11.2.